The minimum absolute atomic E-state index is 0.0788. The van der Waals surface area contributed by atoms with E-state index < -0.39 is 0 Å². The molecule has 15 heavy (non-hydrogen) atoms. The lowest BCUT2D eigenvalue weighted by atomic mass is 9.93. The van der Waals surface area contributed by atoms with Crippen molar-refractivity contribution in [3.05, 3.63) is 41.7 Å². The first-order valence-corrected chi connectivity index (χ1v) is 4.94. The number of fused-ring (bicyclic) bond motifs is 1. The summed E-state index contributed by atoms with van der Waals surface area (Å²) in [5, 5.41) is 0. The second kappa shape index (κ2) is 3.50. The van der Waals surface area contributed by atoms with Gasteiger partial charge in [-0.3, -0.25) is 4.98 Å². The molecule has 2 heterocycles. The molecule has 0 amide bonds. The lowest BCUT2D eigenvalue weighted by Crippen LogP contribution is -2.30. The molecular formula is C12H13NO2. The van der Waals surface area contributed by atoms with Crippen LogP contribution >= 0.6 is 0 Å². The van der Waals surface area contributed by atoms with Gasteiger partial charge in [0.05, 0.1) is 11.3 Å². The number of ether oxygens (including phenoxy) is 1. The van der Waals surface area contributed by atoms with Crippen molar-refractivity contribution in [2.45, 2.75) is 25.9 Å². The van der Waals surface area contributed by atoms with Crippen LogP contribution in [0.2, 0.25) is 0 Å². The molecule has 1 aliphatic rings. The number of aryl methyl sites for hydroxylation is 1. The first-order chi connectivity index (χ1) is 7.13. The molecule has 1 aliphatic heterocycles. The van der Waals surface area contributed by atoms with Gasteiger partial charge in [-0.15, -0.1) is 0 Å². The third-order valence-corrected chi connectivity index (χ3v) is 2.68. The van der Waals surface area contributed by atoms with Gasteiger partial charge in [0.15, 0.2) is 0 Å². The Morgan fingerprint density at radius 2 is 2.27 bits per heavy atom. The third-order valence-electron chi connectivity index (χ3n) is 2.68. The zero-order chi connectivity index (χ0) is 11.0. The highest BCUT2D eigenvalue weighted by Gasteiger charge is 2.32. The van der Waals surface area contributed by atoms with Gasteiger partial charge < -0.3 is 4.74 Å². The molecule has 3 nitrogen and oxygen atoms in total. The predicted molar refractivity (Wildman–Crippen MR) is 56.8 cm³/mol. The van der Waals surface area contributed by atoms with E-state index in [2.05, 4.69) is 11.6 Å². The van der Waals surface area contributed by atoms with Gasteiger partial charge in [0.25, 0.3) is 0 Å². The van der Waals surface area contributed by atoms with Crippen molar-refractivity contribution >= 4 is 5.97 Å². The Labute approximate surface area is 88.8 Å². The van der Waals surface area contributed by atoms with Crippen molar-refractivity contribution in [2.75, 3.05) is 0 Å². The Hall–Kier alpha value is -1.64. The highest BCUT2D eigenvalue weighted by molar-refractivity contribution is 5.92. The van der Waals surface area contributed by atoms with Crippen molar-refractivity contribution in [3.63, 3.8) is 0 Å². The lowest BCUT2D eigenvalue weighted by molar-refractivity contribution is 0.0301. The minimum Gasteiger partial charge on any atom is -0.454 e. The summed E-state index contributed by atoms with van der Waals surface area (Å²) in [5.41, 5.74) is 2.31. The lowest BCUT2D eigenvalue weighted by Gasteiger charge is -2.27. The fraction of sp³-hybridized carbons (Fsp3) is 0.333. The Balaban J connectivity index is 2.54. The van der Waals surface area contributed by atoms with Crippen molar-refractivity contribution in [1.82, 2.24) is 4.98 Å². The fourth-order valence-electron chi connectivity index (χ4n) is 1.79. The van der Waals surface area contributed by atoms with Crippen LogP contribution in [0.3, 0.4) is 0 Å². The second-order valence-corrected chi connectivity index (χ2v) is 3.78. The number of cyclic esters (lactones) is 1. The van der Waals surface area contributed by atoms with Crippen LogP contribution in [0, 0.1) is 6.92 Å². The molecular weight excluding hydrogens is 190 g/mol. The molecule has 0 aromatic carbocycles. The second-order valence-electron chi connectivity index (χ2n) is 3.78. The molecule has 2 atom stereocenters. The Kier molecular flexibility index (Phi) is 2.31. The van der Waals surface area contributed by atoms with Crippen molar-refractivity contribution in [1.29, 1.82) is 0 Å². The van der Waals surface area contributed by atoms with Gasteiger partial charge in [0.2, 0.25) is 0 Å². The summed E-state index contributed by atoms with van der Waals surface area (Å²) in [6, 6.07) is 3.59. The Morgan fingerprint density at radius 1 is 1.53 bits per heavy atom. The molecule has 0 fully saturated rings. The quantitative estimate of drug-likeness (QED) is 0.519. The largest absolute Gasteiger partial charge is 0.454 e. The summed E-state index contributed by atoms with van der Waals surface area (Å²) in [4.78, 5) is 16.0. The zero-order valence-corrected chi connectivity index (χ0v) is 8.86. The van der Waals surface area contributed by atoms with Crippen molar-refractivity contribution in [2.24, 2.45) is 0 Å². The van der Waals surface area contributed by atoms with Crippen LogP contribution in [0.5, 0.6) is 0 Å². The molecule has 2 rings (SSSR count). The summed E-state index contributed by atoms with van der Waals surface area (Å²) in [5.74, 6) is -0.226. The van der Waals surface area contributed by atoms with Crippen LogP contribution in [-0.4, -0.2) is 17.1 Å². The van der Waals surface area contributed by atoms with Crippen LogP contribution in [0.4, 0.5) is 0 Å². The maximum atomic E-state index is 11.6. The maximum Gasteiger partial charge on any atom is 0.340 e. The number of nitrogens with zero attached hydrogens (tertiary/aromatic N) is 1. The number of hydrogen-bond donors (Lipinski definition) is 0. The molecule has 1 aromatic heterocycles. The number of carbonyl (C=O) groups is 1. The molecule has 78 valence electrons. The third kappa shape index (κ3) is 1.54. The van der Waals surface area contributed by atoms with Crippen LogP contribution in [-0.2, 0) is 4.74 Å². The normalized spacial score (nSPS) is 24.3. The molecule has 0 N–H and O–H groups in total. The first-order valence-electron chi connectivity index (χ1n) is 4.94. The summed E-state index contributed by atoms with van der Waals surface area (Å²) in [6.45, 7) is 7.56. The maximum absolute atomic E-state index is 11.6. The van der Waals surface area contributed by atoms with Gasteiger partial charge in [0, 0.05) is 11.6 Å². The van der Waals surface area contributed by atoms with Gasteiger partial charge >= 0.3 is 5.97 Å². The van der Waals surface area contributed by atoms with Gasteiger partial charge in [-0.2, -0.15) is 0 Å². The number of carbonyl (C=O) groups excluding carboxylic acids is 1. The molecule has 0 saturated heterocycles. The van der Waals surface area contributed by atoms with Gasteiger partial charge in [0.1, 0.15) is 6.10 Å². The average molecular weight is 203 g/mol. The molecule has 0 bridgehead atoms. The summed E-state index contributed by atoms with van der Waals surface area (Å²) < 4.78 is 5.22. The van der Waals surface area contributed by atoms with E-state index >= 15 is 0 Å². The molecule has 1 aromatic rings. The van der Waals surface area contributed by atoms with E-state index in [4.69, 9.17) is 4.74 Å². The predicted octanol–water partition coefficient (Wildman–Crippen LogP) is 2.22. The monoisotopic (exact) mass is 203 g/mol. The van der Waals surface area contributed by atoms with Crippen molar-refractivity contribution < 1.29 is 9.53 Å². The SMILES string of the molecule is C=C[C@@H]1OC(=O)c2ccc(C)nc2[C@H]1C. The van der Waals surface area contributed by atoms with Gasteiger partial charge in [-0.1, -0.05) is 19.6 Å². The van der Waals surface area contributed by atoms with Crippen LogP contribution in [0.1, 0.15) is 34.6 Å². The first kappa shape index (κ1) is 9.90. The van der Waals surface area contributed by atoms with E-state index in [1.165, 1.54) is 0 Å². The van der Waals surface area contributed by atoms with Gasteiger partial charge in [-0.05, 0) is 19.1 Å². The number of aromatic nitrogens is 1. The van der Waals surface area contributed by atoms with E-state index in [-0.39, 0.29) is 18.0 Å². The summed E-state index contributed by atoms with van der Waals surface area (Å²) in [6.07, 6.45) is 1.38. The molecule has 0 unspecified atom stereocenters. The zero-order valence-electron chi connectivity index (χ0n) is 8.86. The molecule has 0 aliphatic carbocycles. The van der Waals surface area contributed by atoms with E-state index in [0.717, 1.165) is 11.4 Å². The smallest absolute Gasteiger partial charge is 0.340 e. The van der Waals surface area contributed by atoms with Crippen LogP contribution < -0.4 is 0 Å². The minimum atomic E-state index is -0.305. The van der Waals surface area contributed by atoms with E-state index in [1.807, 2.05) is 19.9 Å². The van der Waals surface area contributed by atoms with Crippen LogP contribution in [0.25, 0.3) is 0 Å². The highest BCUT2D eigenvalue weighted by atomic mass is 16.5. The number of pyridine rings is 1. The number of hydrogen-bond acceptors (Lipinski definition) is 3. The molecule has 0 saturated carbocycles. The highest BCUT2D eigenvalue weighted by Crippen LogP contribution is 2.30. The van der Waals surface area contributed by atoms with E-state index in [1.54, 1.807) is 12.1 Å². The summed E-state index contributed by atoms with van der Waals surface area (Å²) >= 11 is 0. The van der Waals surface area contributed by atoms with E-state index in [9.17, 15) is 4.79 Å². The molecule has 0 spiro atoms. The Morgan fingerprint density at radius 3 is 2.93 bits per heavy atom. The molecule has 3 heteroatoms. The fourth-order valence-corrected chi connectivity index (χ4v) is 1.79. The van der Waals surface area contributed by atoms with E-state index in [0.29, 0.717) is 5.56 Å². The average Bonchev–Trinajstić information content (AvgIpc) is 2.23. The summed E-state index contributed by atoms with van der Waals surface area (Å²) in [7, 11) is 0. The number of rotatable bonds is 1. The topological polar surface area (TPSA) is 39.2 Å². The standard InChI is InChI=1S/C12H13NO2/c1-4-10-8(3)11-9(12(14)15-10)6-5-7(2)13-11/h4-6,8,10H,1H2,2-3H3/t8-,10-/m0/s1. The molecule has 0 radical (unpaired) electrons. The Bertz CT molecular complexity index is 426. The van der Waals surface area contributed by atoms with Crippen molar-refractivity contribution in [3.8, 4) is 0 Å². The van der Waals surface area contributed by atoms with Crippen LogP contribution in [0.15, 0.2) is 24.8 Å². The van der Waals surface area contributed by atoms with Gasteiger partial charge in [-0.25, -0.2) is 4.79 Å². The number of esters is 1.